The maximum Gasteiger partial charge on any atom is 0.261 e. The van der Waals surface area contributed by atoms with Crippen molar-refractivity contribution in [3.8, 4) is 0 Å². The molecule has 174 valence electrons. The molecule has 0 radical (unpaired) electrons. The van der Waals surface area contributed by atoms with Crippen LogP contribution in [0.25, 0.3) is 0 Å². The molecule has 2 N–H and O–H groups in total. The quantitative estimate of drug-likeness (QED) is 0.477. The predicted octanol–water partition coefficient (Wildman–Crippen LogP) is 3.77. The molecule has 0 aliphatic heterocycles. The molecule has 3 rings (SSSR count). The molecule has 10 heteroatoms. The van der Waals surface area contributed by atoms with E-state index in [1.165, 1.54) is 52.8 Å². The van der Waals surface area contributed by atoms with Crippen molar-refractivity contribution in [2.75, 3.05) is 23.1 Å². The average molecular weight is 488 g/mol. The molecule has 0 unspecified atom stereocenters. The van der Waals surface area contributed by atoms with E-state index in [9.17, 15) is 21.6 Å². The van der Waals surface area contributed by atoms with Crippen LogP contribution in [0.5, 0.6) is 0 Å². The van der Waals surface area contributed by atoms with Crippen LogP contribution in [-0.2, 0) is 20.0 Å². The third-order valence-corrected chi connectivity index (χ3v) is 8.33. The van der Waals surface area contributed by atoms with Gasteiger partial charge in [-0.25, -0.2) is 16.8 Å². The number of nitrogens with zero attached hydrogens (tertiary/aromatic N) is 1. The lowest BCUT2D eigenvalue weighted by atomic mass is 10.2. The van der Waals surface area contributed by atoms with Crippen molar-refractivity contribution < 1.29 is 21.6 Å². The molecule has 0 saturated carbocycles. The summed E-state index contributed by atoms with van der Waals surface area (Å²) in [6.07, 6.45) is 0. The van der Waals surface area contributed by atoms with Gasteiger partial charge in [-0.15, -0.1) is 0 Å². The summed E-state index contributed by atoms with van der Waals surface area (Å²) in [4.78, 5) is 12.8. The smallest absolute Gasteiger partial charge is 0.261 e. The van der Waals surface area contributed by atoms with Gasteiger partial charge in [-0.05, 0) is 54.6 Å². The Morgan fingerprint density at radius 1 is 0.758 bits per heavy atom. The number of carbonyl (C=O) groups excluding carboxylic acids is 1. The SMILES string of the molecule is CCN(CC)S(=O)(=O)c1ccc(NC(=O)c2cccc(S(=O)(=O)Nc3ccccc3)c2)cc1. The molecule has 8 nitrogen and oxygen atoms in total. The van der Waals surface area contributed by atoms with Gasteiger partial charge in [0.1, 0.15) is 0 Å². The molecule has 0 heterocycles. The van der Waals surface area contributed by atoms with Crippen LogP contribution in [0, 0.1) is 0 Å². The zero-order valence-corrected chi connectivity index (χ0v) is 19.9. The number of para-hydroxylation sites is 1. The van der Waals surface area contributed by atoms with E-state index in [1.54, 1.807) is 44.2 Å². The van der Waals surface area contributed by atoms with Gasteiger partial charge < -0.3 is 5.32 Å². The van der Waals surface area contributed by atoms with Crippen LogP contribution in [0.1, 0.15) is 24.2 Å². The first kappa shape index (κ1) is 24.4. The van der Waals surface area contributed by atoms with Gasteiger partial charge in [0, 0.05) is 30.0 Å². The third-order valence-electron chi connectivity index (χ3n) is 4.89. The Bertz CT molecular complexity index is 1320. The first-order valence-corrected chi connectivity index (χ1v) is 13.2. The summed E-state index contributed by atoms with van der Waals surface area (Å²) in [5, 5.41) is 2.66. The molecule has 3 aromatic carbocycles. The number of sulfonamides is 2. The molecular formula is C23H25N3O5S2. The van der Waals surface area contributed by atoms with E-state index in [0.717, 1.165) is 0 Å². The number of benzene rings is 3. The van der Waals surface area contributed by atoms with Crippen molar-refractivity contribution in [2.45, 2.75) is 23.6 Å². The molecule has 0 atom stereocenters. The Morgan fingerprint density at radius 2 is 1.39 bits per heavy atom. The molecule has 33 heavy (non-hydrogen) atoms. The topological polar surface area (TPSA) is 113 Å². The summed E-state index contributed by atoms with van der Waals surface area (Å²) >= 11 is 0. The summed E-state index contributed by atoms with van der Waals surface area (Å²) in [5.41, 5.74) is 0.937. The van der Waals surface area contributed by atoms with Gasteiger partial charge in [-0.1, -0.05) is 38.1 Å². The lowest BCUT2D eigenvalue weighted by Gasteiger charge is -2.18. The van der Waals surface area contributed by atoms with E-state index in [0.29, 0.717) is 24.5 Å². The highest BCUT2D eigenvalue weighted by atomic mass is 32.2. The molecule has 0 aliphatic rings. The highest BCUT2D eigenvalue weighted by Crippen LogP contribution is 2.20. The zero-order valence-electron chi connectivity index (χ0n) is 18.2. The second-order valence-electron chi connectivity index (χ2n) is 7.07. The number of anilines is 2. The van der Waals surface area contributed by atoms with E-state index >= 15 is 0 Å². The van der Waals surface area contributed by atoms with Crippen LogP contribution >= 0.6 is 0 Å². The minimum atomic E-state index is -3.88. The van der Waals surface area contributed by atoms with Crippen molar-refractivity contribution in [2.24, 2.45) is 0 Å². The van der Waals surface area contributed by atoms with Gasteiger partial charge in [0.05, 0.1) is 9.79 Å². The van der Waals surface area contributed by atoms with Gasteiger partial charge >= 0.3 is 0 Å². The monoisotopic (exact) mass is 487 g/mol. The van der Waals surface area contributed by atoms with Crippen LogP contribution in [0.4, 0.5) is 11.4 Å². The molecule has 0 bridgehead atoms. The lowest BCUT2D eigenvalue weighted by molar-refractivity contribution is 0.102. The van der Waals surface area contributed by atoms with Crippen molar-refractivity contribution in [3.05, 3.63) is 84.4 Å². The largest absolute Gasteiger partial charge is 0.322 e. The molecule has 0 saturated heterocycles. The van der Waals surface area contributed by atoms with Gasteiger partial charge in [0.25, 0.3) is 15.9 Å². The van der Waals surface area contributed by atoms with Crippen LogP contribution in [0.15, 0.2) is 88.7 Å². The maximum absolute atomic E-state index is 12.7. The van der Waals surface area contributed by atoms with Crippen LogP contribution in [0.2, 0.25) is 0 Å². The molecule has 0 aliphatic carbocycles. The standard InChI is InChI=1S/C23H25N3O5S2/c1-3-26(4-2)33(30,31)21-15-13-19(14-16-21)24-23(27)18-9-8-12-22(17-18)32(28,29)25-20-10-6-5-7-11-20/h5-17,25H,3-4H2,1-2H3,(H,24,27). The van der Waals surface area contributed by atoms with Crippen LogP contribution in [0.3, 0.4) is 0 Å². The van der Waals surface area contributed by atoms with E-state index in [4.69, 9.17) is 0 Å². The molecule has 0 spiro atoms. The van der Waals surface area contributed by atoms with Crippen molar-refractivity contribution in [1.29, 1.82) is 0 Å². The fourth-order valence-corrected chi connectivity index (χ4v) is 5.71. The third kappa shape index (κ3) is 5.78. The fourth-order valence-electron chi connectivity index (χ4n) is 3.15. The molecular weight excluding hydrogens is 462 g/mol. The normalized spacial score (nSPS) is 11.8. The Morgan fingerprint density at radius 3 is 2.00 bits per heavy atom. The maximum atomic E-state index is 12.7. The molecule has 3 aromatic rings. The Balaban J connectivity index is 1.76. The van der Waals surface area contributed by atoms with Crippen LogP contribution in [-0.4, -0.2) is 40.1 Å². The summed E-state index contributed by atoms with van der Waals surface area (Å²) in [6, 6.07) is 19.9. The molecule has 0 fully saturated rings. The summed E-state index contributed by atoms with van der Waals surface area (Å²) in [5.74, 6) is -0.522. The van der Waals surface area contributed by atoms with E-state index in [-0.39, 0.29) is 15.4 Å². The average Bonchev–Trinajstić information content (AvgIpc) is 2.80. The van der Waals surface area contributed by atoms with E-state index in [2.05, 4.69) is 10.0 Å². The molecule has 1 amide bonds. The molecule has 0 aromatic heterocycles. The van der Waals surface area contributed by atoms with Crippen molar-refractivity contribution in [3.63, 3.8) is 0 Å². The number of nitrogens with one attached hydrogen (secondary N) is 2. The Kier molecular flexibility index (Phi) is 7.52. The van der Waals surface area contributed by atoms with Gasteiger partial charge in [0.2, 0.25) is 10.0 Å². The second kappa shape index (κ2) is 10.2. The Labute approximate surface area is 194 Å². The van der Waals surface area contributed by atoms with Gasteiger partial charge in [-0.3, -0.25) is 9.52 Å². The number of rotatable bonds is 9. The van der Waals surface area contributed by atoms with Gasteiger partial charge in [0.15, 0.2) is 0 Å². The van der Waals surface area contributed by atoms with Crippen molar-refractivity contribution >= 4 is 37.3 Å². The summed E-state index contributed by atoms with van der Waals surface area (Å²) in [6.45, 7) is 4.24. The number of carbonyl (C=O) groups is 1. The number of hydrogen-bond acceptors (Lipinski definition) is 5. The minimum absolute atomic E-state index is 0.0559. The summed E-state index contributed by atoms with van der Waals surface area (Å²) in [7, 11) is -7.48. The van der Waals surface area contributed by atoms with E-state index < -0.39 is 26.0 Å². The van der Waals surface area contributed by atoms with Gasteiger partial charge in [-0.2, -0.15) is 4.31 Å². The van der Waals surface area contributed by atoms with Crippen molar-refractivity contribution in [1.82, 2.24) is 4.31 Å². The predicted molar refractivity (Wildman–Crippen MR) is 128 cm³/mol. The minimum Gasteiger partial charge on any atom is -0.322 e. The fraction of sp³-hybridized carbons (Fsp3) is 0.174. The highest BCUT2D eigenvalue weighted by molar-refractivity contribution is 7.92. The number of amides is 1. The first-order chi connectivity index (χ1) is 15.7. The summed E-state index contributed by atoms with van der Waals surface area (Å²) < 4.78 is 54.3. The second-order valence-corrected chi connectivity index (χ2v) is 10.7. The Hall–Kier alpha value is -3.21. The zero-order chi connectivity index (χ0) is 24.1. The number of hydrogen-bond donors (Lipinski definition) is 2. The highest BCUT2D eigenvalue weighted by Gasteiger charge is 2.21. The lowest BCUT2D eigenvalue weighted by Crippen LogP contribution is -2.30. The van der Waals surface area contributed by atoms with E-state index in [1.807, 2.05) is 0 Å². The first-order valence-electron chi connectivity index (χ1n) is 10.3. The van der Waals surface area contributed by atoms with Crippen LogP contribution < -0.4 is 10.0 Å².